The molecular weight excluding hydrogens is 304 g/mol. The van der Waals surface area contributed by atoms with Crippen LogP contribution in [0.4, 0.5) is 0 Å². The summed E-state index contributed by atoms with van der Waals surface area (Å²) < 4.78 is 0. The first-order valence-corrected chi connectivity index (χ1v) is 7.76. The van der Waals surface area contributed by atoms with Crippen molar-refractivity contribution >= 4 is 17.2 Å². The van der Waals surface area contributed by atoms with Gasteiger partial charge in [0, 0.05) is 16.5 Å². The number of H-pyrrole nitrogens is 2. The summed E-state index contributed by atoms with van der Waals surface area (Å²) in [5.41, 5.74) is 0.186. The summed E-state index contributed by atoms with van der Waals surface area (Å²) in [6.45, 7) is 5.87. The molecule has 0 radical (unpaired) electrons. The number of aromatic nitrogens is 3. The molecule has 2 aromatic rings. The molecule has 0 aliphatic carbocycles. The van der Waals surface area contributed by atoms with Crippen molar-refractivity contribution in [3.63, 3.8) is 0 Å². The summed E-state index contributed by atoms with van der Waals surface area (Å²) in [7, 11) is 0. The fourth-order valence-electron chi connectivity index (χ4n) is 1.99. The van der Waals surface area contributed by atoms with Gasteiger partial charge in [-0.1, -0.05) is 6.92 Å². The lowest BCUT2D eigenvalue weighted by Crippen LogP contribution is -2.32. The molecule has 1 unspecified atom stereocenters. The van der Waals surface area contributed by atoms with Gasteiger partial charge in [0.1, 0.15) is 5.01 Å². The molecule has 0 aliphatic rings. The van der Waals surface area contributed by atoms with Crippen molar-refractivity contribution in [3.05, 3.63) is 47.9 Å². The number of carbonyl (C=O) groups excluding carboxylic acids is 1. The third-order valence-corrected chi connectivity index (χ3v) is 4.52. The standard InChI is InChI=1S/C14H18N4O3S/c1-4-10(14-15-7(2)8(3)22-14)16-11(19)5-9-6-12(20)17-18-13(9)21/h6,10H,4-5H2,1-3H3,(H,16,19)(H,17,20)(H,18,21). The summed E-state index contributed by atoms with van der Waals surface area (Å²) in [5, 5.41) is 8.08. The van der Waals surface area contributed by atoms with Crippen LogP contribution in [-0.2, 0) is 11.2 Å². The van der Waals surface area contributed by atoms with E-state index >= 15 is 0 Å². The predicted molar refractivity (Wildman–Crippen MR) is 84.2 cm³/mol. The first-order valence-electron chi connectivity index (χ1n) is 6.94. The van der Waals surface area contributed by atoms with Gasteiger partial charge in [-0.3, -0.25) is 24.6 Å². The Morgan fingerprint density at radius 2 is 2.09 bits per heavy atom. The van der Waals surface area contributed by atoms with Crippen LogP contribution in [0.25, 0.3) is 0 Å². The molecule has 1 amide bonds. The van der Waals surface area contributed by atoms with Crippen molar-refractivity contribution in [2.75, 3.05) is 0 Å². The molecule has 1 atom stereocenters. The van der Waals surface area contributed by atoms with E-state index in [1.54, 1.807) is 11.3 Å². The number of amides is 1. The highest BCUT2D eigenvalue weighted by Gasteiger charge is 2.18. The molecule has 0 aliphatic heterocycles. The smallest absolute Gasteiger partial charge is 0.266 e. The number of nitrogens with zero attached hydrogens (tertiary/aromatic N) is 1. The van der Waals surface area contributed by atoms with E-state index in [-0.39, 0.29) is 23.9 Å². The second kappa shape index (κ2) is 6.69. The minimum absolute atomic E-state index is 0.140. The lowest BCUT2D eigenvalue weighted by atomic mass is 10.2. The predicted octanol–water partition coefficient (Wildman–Crippen LogP) is 0.947. The molecule has 7 nitrogen and oxygen atoms in total. The number of carbonyl (C=O) groups is 1. The van der Waals surface area contributed by atoms with E-state index in [0.29, 0.717) is 6.42 Å². The van der Waals surface area contributed by atoms with Crippen LogP contribution >= 0.6 is 11.3 Å². The summed E-state index contributed by atoms with van der Waals surface area (Å²) in [6, 6.07) is 0.947. The molecule has 2 aromatic heterocycles. The van der Waals surface area contributed by atoms with Crippen LogP contribution < -0.4 is 16.4 Å². The number of aromatic amines is 2. The maximum atomic E-state index is 12.1. The average Bonchev–Trinajstić information content (AvgIpc) is 2.80. The first-order chi connectivity index (χ1) is 10.4. The summed E-state index contributed by atoms with van der Waals surface area (Å²) in [4.78, 5) is 40.4. The third-order valence-electron chi connectivity index (χ3n) is 3.33. The number of hydrogen-bond acceptors (Lipinski definition) is 5. The second-order valence-electron chi connectivity index (χ2n) is 5.01. The van der Waals surface area contributed by atoms with Crippen LogP contribution in [0.5, 0.6) is 0 Å². The van der Waals surface area contributed by atoms with Gasteiger partial charge in [-0.05, 0) is 20.3 Å². The molecule has 22 heavy (non-hydrogen) atoms. The summed E-state index contributed by atoms with van der Waals surface area (Å²) in [6.07, 6.45) is 0.558. The Bertz CT molecular complexity index is 770. The van der Waals surface area contributed by atoms with Crippen molar-refractivity contribution < 1.29 is 4.79 Å². The number of nitrogens with one attached hydrogen (secondary N) is 3. The Hall–Kier alpha value is -2.22. The van der Waals surface area contributed by atoms with Crippen molar-refractivity contribution in [2.24, 2.45) is 0 Å². The van der Waals surface area contributed by atoms with Crippen LogP contribution in [0.2, 0.25) is 0 Å². The third kappa shape index (κ3) is 3.70. The highest BCUT2D eigenvalue weighted by Crippen LogP contribution is 2.24. The molecule has 0 bridgehead atoms. The van der Waals surface area contributed by atoms with Crippen LogP contribution in [-0.4, -0.2) is 21.1 Å². The Morgan fingerprint density at radius 3 is 2.68 bits per heavy atom. The Balaban J connectivity index is 2.11. The van der Waals surface area contributed by atoms with E-state index in [1.165, 1.54) is 0 Å². The monoisotopic (exact) mass is 322 g/mol. The normalized spacial score (nSPS) is 12.1. The van der Waals surface area contributed by atoms with Crippen molar-refractivity contribution in [1.29, 1.82) is 0 Å². The van der Waals surface area contributed by atoms with Gasteiger partial charge in [0.2, 0.25) is 5.91 Å². The molecule has 0 saturated carbocycles. The maximum absolute atomic E-state index is 12.1. The number of thiazole rings is 1. The zero-order valence-electron chi connectivity index (χ0n) is 12.6. The molecule has 8 heteroatoms. The fourth-order valence-corrected chi connectivity index (χ4v) is 3.05. The molecular formula is C14H18N4O3S. The molecule has 2 heterocycles. The summed E-state index contributed by atoms with van der Waals surface area (Å²) in [5.74, 6) is -0.312. The van der Waals surface area contributed by atoms with Crippen LogP contribution in [0.15, 0.2) is 15.7 Å². The molecule has 0 fully saturated rings. The largest absolute Gasteiger partial charge is 0.347 e. The van der Waals surface area contributed by atoms with Gasteiger partial charge in [0.05, 0.1) is 18.2 Å². The SMILES string of the molecule is CCC(NC(=O)Cc1cc(=O)[nH][nH]c1=O)c1nc(C)c(C)s1. The van der Waals surface area contributed by atoms with E-state index < -0.39 is 11.1 Å². The molecule has 3 N–H and O–H groups in total. The van der Waals surface area contributed by atoms with Gasteiger partial charge in [0.15, 0.2) is 0 Å². The van der Waals surface area contributed by atoms with Crippen LogP contribution in [0.3, 0.4) is 0 Å². The van der Waals surface area contributed by atoms with Gasteiger partial charge >= 0.3 is 0 Å². The highest BCUT2D eigenvalue weighted by molar-refractivity contribution is 7.11. The average molecular weight is 322 g/mol. The minimum atomic E-state index is -0.469. The fraction of sp³-hybridized carbons (Fsp3) is 0.429. The van der Waals surface area contributed by atoms with Crippen molar-refractivity contribution in [1.82, 2.24) is 20.5 Å². The van der Waals surface area contributed by atoms with Crippen molar-refractivity contribution in [2.45, 2.75) is 39.7 Å². The van der Waals surface area contributed by atoms with Gasteiger partial charge in [-0.25, -0.2) is 4.98 Å². The molecule has 0 saturated heterocycles. The Kier molecular flexibility index (Phi) is 4.92. The highest BCUT2D eigenvalue weighted by atomic mass is 32.1. The Labute approximate surface area is 130 Å². The van der Waals surface area contributed by atoms with E-state index in [4.69, 9.17) is 0 Å². The van der Waals surface area contributed by atoms with Gasteiger partial charge < -0.3 is 5.32 Å². The maximum Gasteiger partial charge on any atom is 0.266 e. The molecule has 2 rings (SSSR count). The second-order valence-corrected chi connectivity index (χ2v) is 6.25. The van der Waals surface area contributed by atoms with Crippen LogP contribution in [0.1, 0.15) is 40.5 Å². The van der Waals surface area contributed by atoms with Crippen molar-refractivity contribution in [3.8, 4) is 0 Å². The minimum Gasteiger partial charge on any atom is -0.347 e. The Morgan fingerprint density at radius 1 is 1.36 bits per heavy atom. The van der Waals surface area contributed by atoms with Gasteiger partial charge in [-0.15, -0.1) is 11.3 Å². The number of aryl methyl sites for hydroxylation is 2. The first kappa shape index (κ1) is 16.2. The number of rotatable bonds is 5. The van der Waals surface area contributed by atoms with E-state index in [2.05, 4.69) is 20.5 Å². The lowest BCUT2D eigenvalue weighted by molar-refractivity contribution is -0.121. The topological polar surface area (TPSA) is 108 Å². The molecule has 0 aromatic carbocycles. The van der Waals surface area contributed by atoms with Gasteiger partial charge in [0.25, 0.3) is 11.1 Å². The summed E-state index contributed by atoms with van der Waals surface area (Å²) >= 11 is 1.55. The van der Waals surface area contributed by atoms with Gasteiger partial charge in [-0.2, -0.15) is 0 Å². The van der Waals surface area contributed by atoms with E-state index in [0.717, 1.165) is 21.6 Å². The van der Waals surface area contributed by atoms with E-state index in [9.17, 15) is 14.4 Å². The number of hydrogen-bond donors (Lipinski definition) is 3. The van der Waals surface area contributed by atoms with Crippen LogP contribution in [0, 0.1) is 13.8 Å². The van der Waals surface area contributed by atoms with E-state index in [1.807, 2.05) is 20.8 Å². The lowest BCUT2D eigenvalue weighted by Gasteiger charge is -2.14. The quantitative estimate of drug-likeness (QED) is 0.761. The zero-order valence-corrected chi connectivity index (χ0v) is 13.5. The molecule has 0 spiro atoms. The zero-order chi connectivity index (χ0) is 16.3. The molecule has 118 valence electrons.